The summed E-state index contributed by atoms with van der Waals surface area (Å²) < 4.78 is 24.9. The lowest BCUT2D eigenvalue weighted by atomic mass is 9.87. The van der Waals surface area contributed by atoms with E-state index in [1.807, 2.05) is 36.9 Å². The quantitative estimate of drug-likeness (QED) is 0.485. The minimum absolute atomic E-state index is 0.0311. The van der Waals surface area contributed by atoms with Crippen molar-refractivity contribution in [3.63, 3.8) is 0 Å². The first-order chi connectivity index (χ1) is 16.9. The van der Waals surface area contributed by atoms with Crippen LogP contribution in [-0.4, -0.2) is 34.8 Å². The summed E-state index contributed by atoms with van der Waals surface area (Å²) in [6.45, 7) is 8.26. The summed E-state index contributed by atoms with van der Waals surface area (Å²) >= 11 is 0. The molecule has 1 aromatic heterocycles. The summed E-state index contributed by atoms with van der Waals surface area (Å²) in [5.41, 5.74) is 3.04. The summed E-state index contributed by atoms with van der Waals surface area (Å²) in [5, 5.41) is 2.64. The van der Waals surface area contributed by atoms with Crippen LogP contribution in [0.3, 0.4) is 0 Å². The van der Waals surface area contributed by atoms with Gasteiger partial charge in [-0.05, 0) is 47.4 Å². The fourth-order valence-corrected chi connectivity index (χ4v) is 4.14. The van der Waals surface area contributed by atoms with Crippen LogP contribution in [0.25, 0.3) is 0 Å². The lowest BCUT2D eigenvalue weighted by molar-refractivity contribution is -0.136. The molecular formula is C27H28FN3O4. The van der Waals surface area contributed by atoms with Crippen molar-refractivity contribution in [2.75, 3.05) is 13.1 Å². The average molecular weight is 478 g/mol. The molecule has 0 spiro atoms. The number of ether oxygens (including phenoxy) is 1. The Hall–Kier alpha value is -3.94. The molecule has 0 saturated heterocycles. The highest BCUT2D eigenvalue weighted by Crippen LogP contribution is 2.38. The number of aromatic nitrogens is 1. The molecule has 35 heavy (non-hydrogen) atoms. The molecule has 8 heteroatoms. The summed E-state index contributed by atoms with van der Waals surface area (Å²) in [6, 6.07) is 11.7. The molecule has 2 heterocycles. The zero-order valence-electron chi connectivity index (χ0n) is 19.8. The molecule has 0 saturated carbocycles. The van der Waals surface area contributed by atoms with Crippen LogP contribution >= 0.6 is 0 Å². The van der Waals surface area contributed by atoms with Crippen molar-refractivity contribution in [1.29, 1.82) is 0 Å². The van der Waals surface area contributed by atoms with E-state index < -0.39 is 0 Å². The van der Waals surface area contributed by atoms with Crippen molar-refractivity contribution < 1.29 is 23.1 Å². The van der Waals surface area contributed by atoms with Crippen molar-refractivity contribution in [3.05, 3.63) is 95.5 Å². The number of carbonyl (C=O) groups is 2. The Morgan fingerprint density at radius 1 is 1.29 bits per heavy atom. The molecule has 182 valence electrons. The molecule has 1 atom stereocenters. The van der Waals surface area contributed by atoms with Gasteiger partial charge in [0.15, 0.2) is 12.3 Å². The fourth-order valence-electron chi connectivity index (χ4n) is 4.14. The standard InChI is InChI=1S/C27H28FN3O4/c1-4-12-29-26(32)23-15-35-24(30-23)16-34-21-10-7-18-11-13-31(27(33)17(2)3)25(22(18)14-21)19-5-8-20(28)9-6-19/h4-10,14-15,17,25H,1,11-13,16H2,2-3H3,(H,29,32). The second-order valence-corrected chi connectivity index (χ2v) is 8.66. The molecule has 1 aliphatic rings. The molecule has 0 bridgehead atoms. The number of hydrogen-bond donors (Lipinski definition) is 1. The van der Waals surface area contributed by atoms with Crippen molar-refractivity contribution in [3.8, 4) is 5.75 Å². The molecule has 2 amide bonds. The highest BCUT2D eigenvalue weighted by atomic mass is 19.1. The fraction of sp³-hybridized carbons (Fsp3) is 0.296. The number of nitrogens with zero attached hydrogens (tertiary/aromatic N) is 2. The van der Waals surface area contributed by atoms with Crippen LogP contribution in [0.5, 0.6) is 5.75 Å². The van der Waals surface area contributed by atoms with E-state index in [1.165, 1.54) is 18.4 Å². The van der Waals surface area contributed by atoms with Crippen LogP contribution in [0.4, 0.5) is 4.39 Å². The van der Waals surface area contributed by atoms with E-state index in [-0.39, 0.29) is 47.8 Å². The Kier molecular flexibility index (Phi) is 7.29. The van der Waals surface area contributed by atoms with Crippen molar-refractivity contribution in [2.45, 2.75) is 32.9 Å². The third-order valence-corrected chi connectivity index (χ3v) is 5.86. The SMILES string of the molecule is C=CCNC(=O)c1coc(COc2ccc3c(c2)C(c2ccc(F)cc2)N(C(=O)C(C)C)CC3)n1. The van der Waals surface area contributed by atoms with E-state index in [0.717, 1.165) is 16.7 Å². The van der Waals surface area contributed by atoms with E-state index in [4.69, 9.17) is 9.15 Å². The lowest BCUT2D eigenvalue weighted by Gasteiger charge is -2.39. The van der Waals surface area contributed by atoms with Crippen molar-refractivity contribution in [1.82, 2.24) is 15.2 Å². The van der Waals surface area contributed by atoms with E-state index in [0.29, 0.717) is 25.3 Å². The van der Waals surface area contributed by atoms with E-state index >= 15 is 0 Å². The van der Waals surface area contributed by atoms with Gasteiger partial charge in [-0.25, -0.2) is 9.37 Å². The van der Waals surface area contributed by atoms with Crippen LogP contribution in [-0.2, 0) is 17.8 Å². The predicted octanol–water partition coefficient (Wildman–Crippen LogP) is 4.44. The molecular weight excluding hydrogens is 449 g/mol. The molecule has 7 nitrogen and oxygen atoms in total. The zero-order chi connectivity index (χ0) is 24.9. The zero-order valence-corrected chi connectivity index (χ0v) is 19.8. The molecule has 0 fully saturated rings. The van der Waals surface area contributed by atoms with Gasteiger partial charge in [0.1, 0.15) is 17.8 Å². The number of benzene rings is 2. The van der Waals surface area contributed by atoms with Gasteiger partial charge in [0, 0.05) is 19.0 Å². The van der Waals surface area contributed by atoms with Gasteiger partial charge in [0.05, 0.1) is 6.04 Å². The van der Waals surface area contributed by atoms with Gasteiger partial charge in [-0.3, -0.25) is 9.59 Å². The molecule has 3 aromatic rings. The predicted molar refractivity (Wildman–Crippen MR) is 128 cm³/mol. The topological polar surface area (TPSA) is 84.7 Å². The second kappa shape index (κ2) is 10.5. The molecule has 0 radical (unpaired) electrons. The molecule has 0 aliphatic carbocycles. The highest BCUT2D eigenvalue weighted by molar-refractivity contribution is 5.91. The Balaban J connectivity index is 1.58. The first kappa shape index (κ1) is 24.2. The van der Waals surface area contributed by atoms with Crippen LogP contribution in [0.2, 0.25) is 0 Å². The summed E-state index contributed by atoms with van der Waals surface area (Å²) in [7, 11) is 0. The van der Waals surface area contributed by atoms with Crippen LogP contribution in [0.15, 0.2) is 65.8 Å². The smallest absolute Gasteiger partial charge is 0.273 e. The van der Waals surface area contributed by atoms with Gasteiger partial charge in [0.2, 0.25) is 11.8 Å². The van der Waals surface area contributed by atoms with Crippen molar-refractivity contribution >= 4 is 11.8 Å². The first-order valence-corrected chi connectivity index (χ1v) is 11.5. The number of carbonyl (C=O) groups excluding carboxylic acids is 2. The average Bonchev–Trinajstić information content (AvgIpc) is 3.34. The number of halogens is 1. The van der Waals surface area contributed by atoms with Gasteiger partial charge in [-0.2, -0.15) is 0 Å². The number of hydrogen-bond acceptors (Lipinski definition) is 5. The molecule has 2 aromatic carbocycles. The molecule has 1 aliphatic heterocycles. The highest BCUT2D eigenvalue weighted by Gasteiger charge is 2.33. The summed E-state index contributed by atoms with van der Waals surface area (Å²) in [6.07, 6.45) is 3.58. The Labute approximate surface area is 203 Å². The Morgan fingerprint density at radius 3 is 2.77 bits per heavy atom. The van der Waals surface area contributed by atoms with E-state index in [9.17, 15) is 14.0 Å². The van der Waals surface area contributed by atoms with Crippen LogP contribution < -0.4 is 10.1 Å². The van der Waals surface area contributed by atoms with Crippen molar-refractivity contribution in [2.24, 2.45) is 5.92 Å². The minimum Gasteiger partial charge on any atom is -0.484 e. The van der Waals surface area contributed by atoms with Crippen LogP contribution in [0.1, 0.15) is 53.0 Å². The largest absolute Gasteiger partial charge is 0.484 e. The Morgan fingerprint density at radius 2 is 2.06 bits per heavy atom. The maximum Gasteiger partial charge on any atom is 0.273 e. The van der Waals surface area contributed by atoms with E-state index in [2.05, 4.69) is 16.9 Å². The number of amides is 2. The third kappa shape index (κ3) is 5.42. The van der Waals surface area contributed by atoms with Gasteiger partial charge < -0.3 is 19.4 Å². The van der Waals surface area contributed by atoms with Gasteiger partial charge in [-0.1, -0.05) is 38.1 Å². The van der Waals surface area contributed by atoms with Crippen LogP contribution in [0, 0.1) is 11.7 Å². The van der Waals surface area contributed by atoms with E-state index in [1.54, 1.807) is 18.2 Å². The number of nitrogens with one attached hydrogen (secondary N) is 1. The normalized spacial score (nSPS) is 15.0. The molecule has 1 N–H and O–H groups in total. The maximum absolute atomic E-state index is 13.6. The molecule has 4 rings (SSSR count). The second-order valence-electron chi connectivity index (χ2n) is 8.66. The monoisotopic (exact) mass is 477 g/mol. The number of rotatable bonds is 8. The number of fused-ring (bicyclic) bond motifs is 1. The minimum atomic E-state index is -0.356. The first-order valence-electron chi connectivity index (χ1n) is 11.5. The summed E-state index contributed by atoms with van der Waals surface area (Å²) in [5.74, 6) is 0.0294. The maximum atomic E-state index is 13.6. The summed E-state index contributed by atoms with van der Waals surface area (Å²) in [4.78, 5) is 31.1. The van der Waals surface area contributed by atoms with Gasteiger partial charge in [0.25, 0.3) is 5.91 Å². The van der Waals surface area contributed by atoms with Gasteiger partial charge in [-0.15, -0.1) is 6.58 Å². The van der Waals surface area contributed by atoms with Gasteiger partial charge >= 0.3 is 0 Å². The third-order valence-electron chi connectivity index (χ3n) is 5.86. The molecule has 1 unspecified atom stereocenters. The number of oxazole rings is 1. The lowest BCUT2D eigenvalue weighted by Crippen LogP contribution is -2.42. The Bertz CT molecular complexity index is 1220.